The van der Waals surface area contributed by atoms with Crippen LogP contribution in [-0.2, 0) is 11.2 Å². The first-order valence-electron chi connectivity index (χ1n) is 6.73. The maximum atomic E-state index is 5.64. The highest BCUT2D eigenvalue weighted by Gasteiger charge is 2.01. The van der Waals surface area contributed by atoms with Crippen molar-refractivity contribution in [1.29, 1.82) is 0 Å². The van der Waals surface area contributed by atoms with E-state index < -0.39 is 0 Å². The first kappa shape index (κ1) is 15.0. The van der Waals surface area contributed by atoms with Crippen LogP contribution in [0.5, 0.6) is 5.75 Å². The van der Waals surface area contributed by atoms with Crippen LogP contribution < -0.4 is 10.1 Å². The Kier molecular flexibility index (Phi) is 7.46. The van der Waals surface area contributed by atoms with Crippen LogP contribution in [0.1, 0.15) is 25.8 Å². The molecule has 0 aliphatic rings. The Hall–Kier alpha value is -1.06. The van der Waals surface area contributed by atoms with Gasteiger partial charge >= 0.3 is 0 Å². The molecular weight excluding hydrogens is 226 g/mol. The van der Waals surface area contributed by atoms with Gasteiger partial charge < -0.3 is 14.8 Å². The fourth-order valence-electron chi connectivity index (χ4n) is 1.67. The quantitative estimate of drug-likeness (QED) is 0.684. The minimum atomic E-state index is 0.503. The van der Waals surface area contributed by atoms with Gasteiger partial charge in [-0.25, -0.2) is 0 Å². The highest BCUT2D eigenvalue weighted by atomic mass is 16.5. The molecule has 102 valence electrons. The molecule has 0 aliphatic heterocycles. The van der Waals surface area contributed by atoms with E-state index >= 15 is 0 Å². The number of hydrogen-bond acceptors (Lipinski definition) is 3. The first-order valence-corrected chi connectivity index (χ1v) is 6.73. The van der Waals surface area contributed by atoms with E-state index in [1.165, 1.54) is 5.56 Å². The van der Waals surface area contributed by atoms with Crippen LogP contribution in [0.3, 0.4) is 0 Å². The van der Waals surface area contributed by atoms with Gasteiger partial charge in [0, 0.05) is 25.7 Å². The van der Waals surface area contributed by atoms with Gasteiger partial charge in [0.15, 0.2) is 0 Å². The van der Waals surface area contributed by atoms with Gasteiger partial charge in [0.2, 0.25) is 0 Å². The fourth-order valence-corrected chi connectivity index (χ4v) is 1.67. The molecule has 1 unspecified atom stereocenters. The molecule has 18 heavy (non-hydrogen) atoms. The molecule has 1 atom stereocenters. The molecular formula is C15H25NO2. The number of likely N-dealkylation sites (N-methyl/N-ethyl adjacent to an activating group) is 1. The third-order valence-corrected chi connectivity index (χ3v) is 2.86. The normalized spacial score (nSPS) is 12.4. The molecule has 1 aromatic rings. The third-order valence-electron chi connectivity index (χ3n) is 2.86. The van der Waals surface area contributed by atoms with Gasteiger partial charge in [-0.15, -0.1) is 0 Å². The average molecular weight is 251 g/mol. The monoisotopic (exact) mass is 251 g/mol. The maximum absolute atomic E-state index is 5.64. The Balaban J connectivity index is 2.27. The van der Waals surface area contributed by atoms with E-state index in [0.29, 0.717) is 12.6 Å². The second kappa shape index (κ2) is 8.95. The van der Waals surface area contributed by atoms with Crippen LogP contribution in [0.4, 0.5) is 0 Å². The summed E-state index contributed by atoms with van der Waals surface area (Å²) >= 11 is 0. The second-order valence-electron chi connectivity index (χ2n) is 4.44. The van der Waals surface area contributed by atoms with Crippen molar-refractivity contribution in [2.45, 2.75) is 32.7 Å². The van der Waals surface area contributed by atoms with Crippen molar-refractivity contribution < 1.29 is 9.47 Å². The molecule has 1 aromatic carbocycles. The number of hydrogen-bond donors (Lipinski definition) is 1. The lowest BCUT2D eigenvalue weighted by Gasteiger charge is -2.11. The van der Waals surface area contributed by atoms with Gasteiger partial charge in [0.25, 0.3) is 0 Å². The summed E-state index contributed by atoms with van der Waals surface area (Å²) in [6.45, 7) is 6.45. The van der Waals surface area contributed by atoms with Gasteiger partial charge in [-0.3, -0.25) is 0 Å². The van der Waals surface area contributed by atoms with Gasteiger partial charge in [0.05, 0.1) is 6.61 Å². The molecule has 0 saturated carbocycles. The average Bonchev–Trinajstić information content (AvgIpc) is 2.40. The Labute approximate surface area is 110 Å². The zero-order chi connectivity index (χ0) is 13.2. The van der Waals surface area contributed by atoms with E-state index in [2.05, 4.69) is 24.4 Å². The van der Waals surface area contributed by atoms with Crippen LogP contribution in [0, 0.1) is 0 Å². The molecule has 0 bridgehead atoms. The molecule has 1 rings (SSSR count). The number of ether oxygens (including phenoxy) is 2. The zero-order valence-corrected chi connectivity index (χ0v) is 11.7. The van der Waals surface area contributed by atoms with Gasteiger partial charge in [-0.1, -0.05) is 12.1 Å². The number of rotatable bonds is 9. The SMILES string of the molecule is CCOCCCOc1ccc(CC(C)NC)cc1. The Morgan fingerprint density at radius 3 is 2.50 bits per heavy atom. The molecule has 1 N–H and O–H groups in total. The van der Waals surface area contributed by atoms with Crippen molar-refractivity contribution in [3.8, 4) is 5.75 Å². The Morgan fingerprint density at radius 1 is 1.17 bits per heavy atom. The molecule has 0 spiro atoms. The van der Waals surface area contributed by atoms with Crippen LogP contribution in [0.15, 0.2) is 24.3 Å². The van der Waals surface area contributed by atoms with Gasteiger partial charge in [0.1, 0.15) is 5.75 Å². The largest absolute Gasteiger partial charge is 0.494 e. The standard InChI is InChI=1S/C15H25NO2/c1-4-17-10-5-11-18-15-8-6-14(7-9-15)12-13(2)16-3/h6-9,13,16H,4-5,10-12H2,1-3H3. The number of nitrogens with one attached hydrogen (secondary N) is 1. The van der Waals surface area contributed by atoms with E-state index in [1.54, 1.807) is 0 Å². The van der Waals surface area contributed by atoms with Crippen molar-refractivity contribution in [2.24, 2.45) is 0 Å². The molecule has 0 aromatic heterocycles. The van der Waals surface area contributed by atoms with E-state index in [9.17, 15) is 0 Å². The molecule has 0 aliphatic carbocycles. The predicted octanol–water partition coefficient (Wildman–Crippen LogP) is 2.64. The van der Waals surface area contributed by atoms with E-state index in [0.717, 1.165) is 31.8 Å². The molecule has 0 saturated heterocycles. The Morgan fingerprint density at radius 2 is 1.89 bits per heavy atom. The lowest BCUT2D eigenvalue weighted by molar-refractivity contribution is 0.131. The topological polar surface area (TPSA) is 30.5 Å². The summed E-state index contributed by atoms with van der Waals surface area (Å²) in [5.74, 6) is 0.937. The predicted molar refractivity (Wildman–Crippen MR) is 75.3 cm³/mol. The zero-order valence-electron chi connectivity index (χ0n) is 11.7. The van der Waals surface area contributed by atoms with Crippen LogP contribution in [-0.4, -0.2) is 32.9 Å². The van der Waals surface area contributed by atoms with Crippen LogP contribution in [0.2, 0.25) is 0 Å². The molecule has 0 amide bonds. The summed E-state index contributed by atoms with van der Waals surface area (Å²) in [5.41, 5.74) is 1.33. The summed E-state index contributed by atoms with van der Waals surface area (Å²) < 4.78 is 10.9. The van der Waals surface area contributed by atoms with Crippen molar-refractivity contribution >= 4 is 0 Å². The molecule has 0 heterocycles. The molecule has 3 heteroatoms. The minimum absolute atomic E-state index is 0.503. The van der Waals surface area contributed by atoms with E-state index in [1.807, 2.05) is 26.1 Å². The Bertz CT molecular complexity index is 311. The minimum Gasteiger partial charge on any atom is -0.494 e. The fraction of sp³-hybridized carbons (Fsp3) is 0.600. The van der Waals surface area contributed by atoms with Gasteiger partial charge in [-0.2, -0.15) is 0 Å². The van der Waals surface area contributed by atoms with Crippen LogP contribution in [0.25, 0.3) is 0 Å². The highest BCUT2D eigenvalue weighted by molar-refractivity contribution is 5.27. The summed E-state index contributed by atoms with van der Waals surface area (Å²) in [6.07, 6.45) is 1.98. The summed E-state index contributed by atoms with van der Waals surface area (Å²) in [5, 5.41) is 3.24. The summed E-state index contributed by atoms with van der Waals surface area (Å²) in [7, 11) is 1.99. The molecule has 0 radical (unpaired) electrons. The lowest BCUT2D eigenvalue weighted by Crippen LogP contribution is -2.23. The van der Waals surface area contributed by atoms with E-state index in [-0.39, 0.29) is 0 Å². The van der Waals surface area contributed by atoms with Crippen LogP contribution >= 0.6 is 0 Å². The van der Waals surface area contributed by atoms with E-state index in [4.69, 9.17) is 9.47 Å². The van der Waals surface area contributed by atoms with Crippen molar-refractivity contribution in [3.05, 3.63) is 29.8 Å². The van der Waals surface area contributed by atoms with Crippen molar-refractivity contribution in [1.82, 2.24) is 5.32 Å². The molecule has 0 fully saturated rings. The van der Waals surface area contributed by atoms with Crippen molar-refractivity contribution in [3.63, 3.8) is 0 Å². The smallest absolute Gasteiger partial charge is 0.119 e. The van der Waals surface area contributed by atoms with Gasteiger partial charge in [-0.05, 0) is 45.0 Å². The summed E-state index contributed by atoms with van der Waals surface area (Å²) in [4.78, 5) is 0. The van der Waals surface area contributed by atoms with Crippen molar-refractivity contribution in [2.75, 3.05) is 26.9 Å². The number of benzene rings is 1. The lowest BCUT2D eigenvalue weighted by atomic mass is 10.1. The first-order chi connectivity index (χ1) is 8.76. The second-order valence-corrected chi connectivity index (χ2v) is 4.44. The highest BCUT2D eigenvalue weighted by Crippen LogP contribution is 2.13. The molecule has 3 nitrogen and oxygen atoms in total. The summed E-state index contributed by atoms with van der Waals surface area (Å²) in [6, 6.07) is 8.84. The maximum Gasteiger partial charge on any atom is 0.119 e. The third kappa shape index (κ3) is 6.03.